The minimum atomic E-state index is -0.233. The summed E-state index contributed by atoms with van der Waals surface area (Å²) in [5, 5.41) is 3.76. The molecular weight excluding hydrogens is 434 g/mol. The van der Waals surface area contributed by atoms with E-state index < -0.39 is 0 Å². The molecule has 0 bridgehead atoms. The number of urea groups is 1. The smallest absolute Gasteiger partial charge is 0.324 e. The van der Waals surface area contributed by atoms with Crippen LogP contribution in [0.5, 0.6) is 0 Å². The van der Waals surface area contributed by atoms with Gasteiger partial charge in [-0.25, -0.2) is 4.79 Å². The van der Waals surface area contributed by atoms with E-state index in [0.717, 1.165) is 21.1 Å². The number of carbonyl (C=O) groups excluding carboxylic acids is 2. The summed E-state index contributed by atoms with van der Waals surface area (Å²) in [6.07, 6.45) is 3.36. The third kappa shape index (κ3) is 3.33. The molecule has 0 spiro atoms. The second-order valence-corrected chi connectivity index (χ2v) is 7.91. The number of aryl methyl sites for hydroxylation is 2. The summed E-state index contributed by atoms with van der Waals surface area (Å²) in [6, 6.07) is 7.32. The van der Waals surface area contributed by atoms with Gasteiger partial charge < -0.3 is 10.2 Å². The van der Waals surface area contributed by atoms with Crippen LogP contribution >= 0.6 is 15.9 Å². The summed E-state index contributed by atoms with van der Waals surface area (Å²) in [7, 11) is 1.78. The van der Waals surface area contributed by atoms with Gasteiger partial charge in [0.1, 0.15) is 0 Å². The van der Waals surface area contributed by atoms with Crippen molar-refractivity contribution in [2.45, 2.75) is 13.8 Å². The Balaban J connectivity index is 1.79. The number of nitrogens with one attached hydrogen (secondary N) is 1. The van der Waals surface area contributed by atoms with Crippen molar-refractivity contribution in [1.82, 2.24) is 14.9 Å². The fraction of sp³-hybridized carbons (Fsp3) is 0.238. The highest BCUT2D eigenvalue weighted by atomic mass is 79.9. The van der Waals surface area contributed by atoms with Crippen LogP contribution in [0.2, 0.25) is 0 Å². The number of aromatic nitrogens is 2. The van der Waals surface area contributed by atoms with Crippen molar-refractivity contribution < 1.29 is 9.59 Å². The summed E-state index contributed by atoms with van der Waals surface area (Å²) in [5.41, 5.74) is 4.05. The quantitative estimate of drug-likeness (QED) is 0.646. The number of benzene rings is 1. The minimum absolute atomic E-state index is 0.0609. The van der Waals surface area contributed by atoms with Gasteiger partial charge in [-0.2, -0.15) is 0 Å². The molecule has 7 nitrogen and oxygen atoms in total. The molecule has 1 fully saturated rings. The van der Waals surface area contributed by atoms with Gasteiger partial charge in [0, 0.05) is 37.9 Å². The summed E-state index contributed by atoms with van der Waals surface area (Å²) < 4.78 is 0.732. The van der Waals surface area contributed by atoms with Crippen molar-refractivity contribution in [3.05, 3.63) is 58.0 Å². The molecule has 0 radical (unpaired) electrons. The maximum absolute atomic E-state index is 12.9. The van der Waals surface area contributed by atoms with Gasteiger partial charge in [0.15, 0.2) is 0 Å². The Morgan fingerprint density at radius 2 is 1.97 bits per heavy atom. The Hall–Kier alpha value is -3.00. The van der Waals surface area contributed by atoms with Crippen molar-refractivity contribution in [3.63, 3.8) is 0 Å². The first-order valence-corrected chi connectivity index (χ1v) is 10.0. The molecule has 1 aliphatic heterocycles. The highest BCUT2D eigenvalue weighted by Crippen LogP contribution is 2.37. The number of fused-ring (bicyclic) bond motifs is 1. The molecule has 0 atom stereocenters. The van der Waals surface area contributed by atoms with Crippen LogP contribution in [0.25, 0.3) is 10.9 Å². The predicted octanol–water partition coefficient (Wildman–Crippen LogP) is 4.13. The maximum atomic E-state index is 12.9. The highest BCUT2D eigenvalue weighted by Gasteiger charge is 2.30. The zero-order chi connectivity index (χ0) is 20.7. The number of hydrogen-bond acceptors (Lipinski definition) is 4. The van der Waals surface area contributed by atoms with Gasteiger partial charge in [0.05, 0.1) is 32.6 Å². The molecule has 1 N–H and O–H groups in total. The Kier molecular flexibility index (Phi) is 4.96. The maximum Gasteiger partial charge on any atom is 0.324 e. The van der Waals surface area contributed by atoms with Gasteiger partial charge >= 0.3 is 6.03 Å². The van der Waals surface area contributed by atoms with E-state index in [1.165, 1.54) is 0 Å². The lowest BCUT2D eigenvalue weighted by Gasteiger charge is -2.20. The number of likely N-dealkylation sites (N-methyl/N-ethyl adjacent to an activating group) is 1. The number of anilines is 2. The Labute approximate surface area is 176 Å². The lowest BCUT2D eigenvalue weighted by Crippen LogP contribution is -2.29. The zero-order valence-corrected chi connectivity index (χ0v) is 17.9. The topological polar surface area (TPSA) is 78.4 Å². The number of hydrogen-bond donors (Lipinski definition) is 1. The number of halogens is 1. The second-order valence-electron chi connectivity index (χ2n) is 7.05. The van der Waals surface area contributed by atoms with E-state index in [-0.39, 0.29) is 11.9 Å². The van der Waals surface area contributed by atoms with Gasteiger partial charge in [-0.1, -0.05) is 12.1 Å². The molecule has 3 heterocycles. The number of para-hydroxylation sites is 1. The molecule has 1 saturated heterocycles. The third-order valence-corrected chi connectivity index (χ3v) is 5.72. The Bertz CT molecular complexity index is 1130. The van der Waals surface area contributed by atoms with Gasteiger partial charge in [0.2, 0.25) is 0 Å². The van der Waals surface area contributed by atoms with Crippen molar-refractivity contribution in [3.8, 4) is 0 Å². The van der Waals surface area contributed by atoms with Crippen molar-refractivity contribution >= 4 is 50.1 Å². The van der Waals surface area contributed by atoms with Gasteiger partial charge in [0.25, 0.3) is 5.91 Å². The molecule has 1 aromatic carbocycles. The Morgan fingerprint density at radius 3 is 2.66 bits per heavy atom. The monoisotopic (exact) mass is 453 g/mol. The molecule has 3 aromatic rings. The van der Waals surface area contributed by atoms with Crippen molar-refractivity contribution in [1.29, 1.82) is 0 Å². The van der Waals surface area contributed by atoms with Gasteiger partial charge in [-0.15, -0.1) is 0 Å². The van der Waals surface area contributed by atoms with Crippen molar-refractivity contribution in [2.24, 2.45) is 0 Å². The summed E-state index contributed by atoms with van der Waals surface area (Å²) >= 11 is 3.54. The Morgan fingerprint density at radius 1 is 1.17 bits per heavy atom. The molecular formula is C21H20BrN5O2. The summed E-state index contributed by atoms with van der Waals surface area (Å²) in [4.78, 5) is 37.7. The normalized spacial score (nSPS) is 14.0. The summed E-state index contributed by atoms with van der Waals surface area (Å²) in [5.74, 6) is -0.233. The molecule has 3 amide bonds. The molecule has 0 saturated carbocycles. The molecule has 1 aliphatic rings. The molecule has 148 valence electrons. The number of carbonyl (C=O) groups is 2. The summed E-state index contributed by atoms with van der Waals surface area (Å²) in [6.45, 7) is 4.95. The number of amides is 3. The van der Waals surface area contributed by atoms with Crippen LogP contribution in [0.15, 0.2) is 41.1 Å². The first kappa shape index (κ1) is 19.3. The average Bonchev–Trinajstić information content (AvgIpc) is 3.00. The number of pyridine rings is 2. The molecule has 4 rings (SSSR count). The third-order valence-electron chi connectivity index (χ3n) is 5.13. The number of nitrogens with zero attached hydrogens (tertiary/aromatic N) is 4. The van der Waals surface area contributed by atoms with Gasteiger partial charge in [-0.05, 0) is 47.5 Å². The van der Waals surface area contributed by atoms with E-state index in [1.54, 1.807) is 29.2 Å². The van der Waals surface area contributed by atoms with Crippen LogP contribution in [-0.2, 0) is 0 Å². The predicted molar refractivity (Wildman–Crippen MR) is 116 cm³/mol. The average molecular weight is 454 g/mol. The number of rotatable bonds is 3. The molecule has 8 heteroatoms. The largest absolute Gasteiger partial charge is 0.326 e. The molecule has 2 aromatic heterocycles. The first-order chi connectivity index (χ1) is 13.9. The van der Waals surface area contributed by atoms with Crippen LogP contribution in [0.1, 0.15) is 21.6 Å². The van der Waals surface area contributed by atoms with E-state index in [0.29, 0.717) is 35.6 Å². The van der Waals surface area contributed by atoms with E-state index in [9.17, 15) is 9.59 Å². The van der Waals surface area contributed by atoms with Crippen molar-refractivity contribution in [2.75, 3.05) is 30.4 Å². The molecule has 0 aliphatic carbocycles. The van der Waals surface area contributed by atoms with Crippen LogP contribution in [0.3, 0.4) is 0 Å². The fourth-order valence-corrected chi connectivity index (χ4v) is 4.17. The fourth-order valence-electron chi connectivity index (χ4n) is 3.64. The van der Waals surface area contributed by atoms with Crippen LogP contribution in [-0.4, -0.2) is 46.9 Å². The van der Waals surface area contributed by atoms with Gasteiger partial charge in [-0.3, -0.25) is 19.7 Å². The van der Waals surface area contributed by atoms with E-state index >= 15 is 0 Å². The molecule has 0 unspecified atom stereocenters. The second kappa shape index (κ2) is 7.44. The van der Waals surface area contributed by atoms with Crippen LogP contribution in [0, 0.1) is 13.8 Å². The standard InChI is InChI=1S/C21H20BrN5O2/c1-12-7-8-23-13(2)17(12)20(28)25-16-6-4-5-14-18(16)24-11-15(22)19(14)27-10-9-26(3)21(27)29/h4-8,11H,9-10H2,1-3H3,(H,25,28). The van der Waals surface area contributed by atoms with Crippen LogP contribution in [0.4, 0.5) is 16.2 Å². The SMILES string of the molecule is Cc1ccnc(C)c1C(=O)Nc1cccc2c(N3CCN(C)C3=O)c(Br)cnc12. The minimum Gasteiger partial charge on any atom is -0.326 e. The van der Waals surface area contributed by atoms with E-state index in [1.807, 2.05) is 38.1 Å². The van der Waals surface area contributed by atoms with E-state index in [2.05, 4.69) is 31.2 Å². The highest BCUT2D eigenvalue weighted by molar-refractivity contribution is 9.10. The van der Waals surface area contributed by atoms with E-state index in [4.69, 9.17) is 0 Å². The lowest BCUT2D eigenvalue weighted by atomic mass is 10.1. The lowest BCUT2D eigenvalue weighted by molar-refractivity contribution is 0.102. The zero-order valence-electron chi connectivity index (χ0n) is 16.4. The first-order valence-electron chi connectivity index (χ1n) is 9.22. The van der Waals surface area contributed by atoms with Crippen LogP contribution < -0.4 is 10.2 Å². The molecule has 29 heavy (non-hydrogen) atoms.